The number of ether oxygens (including phenoxy) is 1. The maximum atomic E-state index is 12.1. The van der Waals surface area contributed by atoms with Gasteiger partial charge in [-0.3, -0.25) is 14.9 Å². The molecule has 32 heavy (non-hydrogen) atoms. The fourth-order valence-corrected chi connectivity index (χ4v) is 2.85. The number of carboxylic acids is 1. The van der Waals surface area contributed by atoms with E-state index in [1.165, 1.54) is 36.5 Å². The number of nitrogens with zero attached hydrogens (tertiary/aromatic N) is 2. The molecule has 0 bridgehead atoms. The van der Waals surface area contributed by atoms with Crippen molar-refractivity contribution in [3.8, 4) is 5.75 Å². The summed E-state index contributed by atoms with van der Waals surface area (Å²) in [7, 11) is 0. The first kappa shape index (κ1) is 22.2. The molecule has 3 aromatic carbocycles. The van der Waals surface area contributed by atoms with Gasteiger partial charge in [-0.25, -0.2) is 10.2 Å². The van der Waals surface area contributed by atoms with Crippen molar-refractivity contribution in [1.82, 2.24) is 5.43 Å². The number of para-hydroxylation sites is 2. The van der Waals surface area contributed by atoms with Gasteiger partial charge in [-0.1, -0.05) is 42.5 Å². The zero-order valence-corrected chi connectivity index (χ0v) is 16.8. The van der Waals surface area contributed by atoms with Gasteiger partial charge < -0.3 is 9.84 Å². The number of carbonyl (C=O) groups excluding carboxylic acids is 1. The molecule has 0 aliphatic heterocycles. The molecule has 0 saturated heterocycles. The lowest BCUT2D eigenvalue weighted by molar-refractivity contribution is -0.385. The summed E-state index contributed by atoms with van der Waals surface area (Å²) in [5.74, 6) is -0.970. The number of nitro groups is 1. The number of aromatic carboxylic acids is 1. The molecule has 0 atom stereocenters. The van der Waals surface area contributed by atoms with Crippen molar-refractivity contribution in [2.45, 2.75) is 13.0 Å². The first-order chi connectivity index (χ1) is 15.4. The van der Waals surface area contributed by atoms with Crippen LogP contribution in [-0.2, 0) is 17.8 Å². The van der Waals surface area contributed by atoms with E-state index in [0.29, 0.717) is 16.9 Å². The maximum absolute atomic E-state index is 12.1. The average molecular weight is 433 g/mol. The van der Waals surface area contributed by atoms with E-state index in [1.807, 2.05) is 0 Å². The third-order valence-corrected chi connectivity index (χ3v) is 4.45. The Labute approximate surface area is 183 Å². The number of amides is 1. The normalized spacial score (nSPS) is 10.6. The lowest BCUT2D eigenvalue weighted by Crippen LogP contribution is -2.20. The predicted molar refractivity (Wildman–Crippen MR) is 117 cm³/mol. The first-order valence-corrected chi connectivity index (χ1v) is 9.52. The van der Waals surface area contributed by atoms with Gasteiger partial charge in [-0.05, 0) is 29.8 Å². The molecule has 0 aliphatic carbocycles. The maximum Gasteiger partial charge on any atom is 0.335 e. The highest BCUT2D eigenvalue weighted by molar-refractivity contribution is 5.87. The van der Waals surface area contributed by atoms with Crippen molar-refractivity contribution < 1.29 is 24.4 Å². The van der Waals surface area contributed by atoms with Crippen LogP contribution in [0, 0.1) is 10.1 Å². The van der Waals surface area contributed by atoms with Gasteiger partial charge >= 0.3 is 5.97 Å². The van der Waals surface area contributed by atoms with E-state index < -0.39 is 16.8 Å². The Hall–Kier alpha value is -4.53. The van der Waals surface area contributed by atoms with Crippen LogP contribution < -0.4 is 10.2 Å². The molecule has 0 heterocycles. The number of benzene rings is 3. The zero-order valence-electron chi connectivity index (χ0n) is 16.8. The van der Waals surface area contributed by atoms with E-state index in [1.54, 1.807) is 42.5 Å². The summed E-state index contributed by atoms with van der Waals surface area (Å²) in [6.07, 6.45) is 1.24. The number of nitro benzene ring substituents is 1. The van der Waals surface area contributed by atoms with Crippen molar-refractivity contribution in [2.24, 2.45) is 5.10 Å². The van der Waals surface area contributed by atoms with Gasteiger partial charge in [0.15, 0.2) is 0 Å². The Morgan fingerprint density at radius 1 is 1.03 bits per heavy atom. The summed E-state index contributed by atoms with van der Waals surface area (Å²) in [4.78, 5) is 33.6. The van der Waals surface area contributed by atoms with Gasteiger partial charge in [0.1, 0.15) is 12.4 Å². The van der Waals surface area contributed by atoms with Crippen molar-refractivity contribution >= 4 is 23.8 Å². The second kappa shape index (κ2) is 10.5. The van der Waals surface area contributed by atoms with Gasteiger partial charge in [-0.2, -0.15) is 5.10 Å². The molecule has 9 nitrogen and oxygen atoms in total. The molecule has 0 fully saturated rings. The quantitative estimate of drug-likeness (QED) is 0.301. The fraction of sp³-hybridized carbons (Fsp3) is 0.0870. The minimum atomic E-state index is -0.997. The van der Waals surface area contributed by atoms with Crippen LogP contribution in [0.3, 0.4) is 0 Å². The zero-order chi connectivity index (χ0) is 22.9. The number of hydrogen-bond acceptors (Lipinski definition) is 6. The van der Waals surface area contributed by atoms with Gasteiger partial charge in [0, 0.05) is 17.2 Å². The van der Waals surface area contributed by atoms with Crippen molar-refractivity contribution in [2.75, 3.05) is 0 Å². The molecule has 0 saturated carbocycles. The standard InChI is InChI=1S/C23H19N3O6/c27-22(13-18-5-1-3-7-20(18)26(30)31)25-24-14-19-6-2-4-8-21(19)32-15-16-9-11-17(12-10-16)23(28)29/h1-12,14H,13,15H2,(H,25,27)(H,28,29). The SMILES string of the molecule is O=C(Cc1ccccc1[N+](=O)[O-])NN=Cc1ccccc1OCc1ccc(C(=O)O)cc1. The van der Waals surface area contributed by atoms with Crippen LogP contribution in [0.15, 0.2) is 77.9 Å². The molecule has 3 rings (SSSR count). The lowest BCUT2D eigenvalue weighted by atomic mass is 10.1. The molecule has 162 valence electrons. The molecule has 1 amide bonds. The van der Waals surface area contributed by atoms with Gasteiger partial charge in [0.25, 0.3) is 5.69 Å². The number of carboxylic acid groups (broad SMARTS) is 1. The van der Waals surface area contributed by atoms with E-state index in [9.17, 15) is 19.7 Å². The molecule has 0 spiro atoms. The Morgan fingerprint density at radius 2 is 1.72 bits per heavy atom. The van der Waals surface area contributed by atoms with E-state index in [0.717, 1.165) is 5.56 Å². The second-order valence-electron chi connectivity index (χ2n) is 6.68. The summed E-state index contributed by atoms with van der Waals surface area (Å²) >= 11 is 0. The number of nitrogens with one attached hydrogen (secondary N) is 1. The summed E-state index contributed by atoms with van der Waals surface area (Å²) in [5.41, 5.74) is 4.13. The minimum Gasteiger partial charge on any atom is -0.488 e. The van der Waals surface area contributed by atoms with Crippen LogP contribution in [0.2, 0.25) is 0 Å². The average Bonchev–Trinajstić information content (AvgIpc) is 2.79. The molecule has 9 heteroatoms. The van der Waals surface area contributed by atoms with Crippen LogP contribution in [0.5, 0.6) is 5.75 Å². The first-order valence-electron chi connectivity index (χ1n) is 9.52. The highest BCUT2D eigenvalue weighted by Gasteiger charge is 2.15. The Balaban J connectivity index is 1.60. The van der Waals surface area contributed by atoms with Crippen LogP contribution >= 0.6 is 0 Å². The topological polar surface area (TPSA) is 131 Å². The number of hydrazone groups is 1. The fourth-order valence-electron chi connectivity index (χ4n) is 2.85. The summed E-state index contributed by atoms with van der Waals surface area (Å²) in [6, 6.07) is 19.4. The Kier molecular flexibility index (Phi) is 7.26. The van der Waals surface area contributed by atoms with Crippen molar-refractivity contribution in [1.29, 1.82) is 0 Å². The van der Waals surface area contributed by atoms with Gasteiger partial charge in [0.2, 0.25) is 5.91 Å². The second-order valence-corrected chi connectivity index (χ2v) is 6.68. The molecular formula is C23H19N3O6. The molecule has 3 aromatic rings. The van der Waals surface area contributed by atoms with E-state index in [-0.39, 0.29) is 24.3 Å². The van der Waals surface area contributed by atoms with E-state index in [2.05, 4.69) is 10.5 Å². The summed E-state index contributed by atoms with van der Waals surface area (Å²) in [6.45, 7) is 0.217. The molecule has 0 radical (unpaired) electrons. The number of rotatable bonds is 9. The van der Waals surface area contributed by atoms with E-state index >= 15 is 0 Å². The van der Waals surface area contributed by atoms with E-state index in [4.69, 9.17) is 9.84 Å². The Bertz CT molecular complexity index is 1160. The summed E-state index contributed by atoms with van der Waals surface area (Å²) in [5, 5.41) is 23.9. The number of carbonyl (C=O) groups is 2. The smallest absolute Gasteiger partial charge is 0.335 e. The third-order valence-electron chi connectivity index (χ3n) is 4.45. The monoisotopic (exact) mass is 433 g/mol. The van der Waals surface area contributed by atoms with Crippen LogP contribution in [0.1, 0.15) is 27.0 Å². The largest absolute Gasteiger partial charge is 0.488 e. The molecule has 0 unspecified atom stereocenters. The number of hydrogen-bond donors (Lipinski definition) is 2. The predicted octanol–water partition coefficient (Wildman–Crippen LogP) is 3.56. The van der Waals surface area contributed by atoms with Crippen molar-refractivity contribution in [3.05, 3.63) is 105 Å². The van der Waals surface area contributed by atoms with Crippen LogP contribution in [0.4, 0.5) is 5.69 Å². The van der Waals surface area contributed by atoms with Crippen LogP contribution in [0.25, 0.3) is 0 Å². The van der Waals surface area contributed by atoms with Gasteiger partial charge in [0.05, 0.1) is 23.1 Å². The summed E-state index contributed by atoms with van der Waals surface area (Å²) < 4.78 is 5.79. The molecule has 2 N–H and O–H groups in total. The Morgan fingerprint density at radius 3 is 2.44 bits per heavy atom. The lowest BCUT2D eigenvalue weighted by Gasteiger charge is -2.09. The highest BCUT2D eigenvalue weighted by atomic mass is 16.6. The molecule has 0 aliphatic rings. The molecule has 0 aromatic heterocycles. The van der Waals surface area contributed by atoms with Crippen molar-refractivity contribution in [3.63, 3.8) is 0 Å². The highest BCUT2D eigenvalue weighted by Crippen LogP contribution is 2.19. The molecular weight excluding hydrogens is 414 g/mol. The van der Waals surface area contributed by atoms with Gasteiger partial charge in [-0.15, -0.1) is 0 Å². The minimum absolute atomic E-state index is 0.123. The third kappa shape index (κ3) is 5.99. The van der Waals surface area contributed by atoms with Crippen LogP contribution in [-0.4, -0.2) is 28.1 Å².